The maximum Gasteiger partial charge on any atom is 0.151 e. The second kappa shape index (κ2) is 3.55. The van der Waals surface area contributed by atoms with E-state index < -0.39 is 18.3 Å². The number of hydrogen-bond acceptors (Lipinski definition) is 4. The monoisotopic (exact) mass is 134 g/mol. The minimum atomic E-state index is -1.48. The van der Waals surface area contributed by atoms with Crippen LogP contribution in [0.4, 0.5) is 0 Å². The number of aliphatic hydroxyl groups excluding tert-OH is 3. The fraction of sp³-hybridized carbons (Fsp3) is 0.800. The van der Waals surface area contributed by atoms with Crippen molar-refractivity contribution in [3.8, 4) is 0 Å². The Hall–Kier alpha value is -0.450. The second-order valence-electron chi connectivity index (χ2n) is 1.86. The van der Waals surface area contributed by atoms with Gasteiger partial charge in [0.2, 0.25) is 0 Å². The van der Waals surface area contributed by atoms with Gasteiger partial charge in [-0.15, -0.1) is 0 Å². The first-order valence-electron chi connectivity index (χ1n) is 2.59. The molecular weight excluding hydrogens is 124 g/mol. The Balaban J connectivity index is 3.71. The molecule has 4 nitrogen and oxygen atoms in total. The highest BCUT2D eigenvalue weighted by atomic mass is 16.4. The molecule has 0 bridgehead atoms. The highest BCUT2D eigenvalue weighted by Gasteiger charge is 2.19. The summed E-state index contributed by atoms with van der Waals surface area (Å²) in [6.45, 7) is 1.29. The minimum absolute atomic E-state index is 0.178. The molecule has 0 aromatic heterocycles. The zero-order chi connectivity index (χ0) is 7.44. The van der Waals surface area contributed by atoms with E-state index in [1.165, 1.54) is 6.92 Å². The quantitative estimate of drug-likeness (QED) is 0.401. The molecule has 4 heteroatoms. The van der Waals surface area contributed by atoms with Crippen LogP contribution in [0.3, 0.4) is 0 Å². The van der Waals surface area contributed by atoms with Crippen LogP contribution in [0.15, 0.2) is 0 Å². The van der Waals surface area contributed by atoms with Crippen LogP contribution in [0.2, 0.25) is 0 Å². The normalized spacial score (nSPS) is 20.4. The SMILES string of the molecule is CC(O)[C@@H](O)[C@H](O)C=O. The molecule has 0 saturated carbocycles. The van der Waals surface area contributed by atoms with Crippen LogP contribution in [0.25, 0.3) is 0 Å². The van der Waals surface area contributed by atoms with Crippen molar-refractivity contribution in [3.63, 3.8) is 0 Å². The Labute approximate surface area is 52.7 Å². The first kappa shape index (κ1) is 8.55. The van der Waals surface area contributed by atoms with E-state index in [2.05, 4.69) is 0 Å². The number of hydrogen-bond donors (Lipinski definition) is 3. The number of carbonyl (C=O) groups excluding carboxylic acids is 1. The van der Waals surface area contributed by atoms with E-state index in [-0.39, 0.29) is 6.29 Å². The van der Waals surface area contributed by atoms with Gasteiger partial charge >= 0.3 is 0 Å². The summed E-state index contributed by atoms with van der Waals surface area (Å²) in [4.78, 5) is 9.73. The Morgan fingerprint density at radius 1 is 1.33 bits per heavy atom. The van der Waals surface area contributed by atoms with Gasteiger partial charge in [-0.05, 0) is 6.92 Å². The van der Waals surface area contributed by atoms with Crippen molar-refractivity contribution in [1.82, 2.24) is 0 Å². The maximum atomic E-state index is 9.73. The van der Waals surface area contributed by atoms with Crippen LogP contribution < -0.4 is 0 Å². The van der Waals surface area contributed by atoms with E-state index in [1.807, 2.05) is 0 Å². The molecule has 0 rings (SSSR count). The molecule has 0 radical (unpaired) electrons. The van der Waals surface area contributed by atoms with E-state index in [4.69, 9.17) is 15.3 Å². The van der Waals surface area contributed by atoms with Gasteiger partial charge in [-0.25, -0.2) is 0 Å². The van der Waals surface area contributed by atoms with E-state index in [1.54, 1.807) is 0 Å². The number of carbonyl (C=O) groups is 1. The molecule has 0 saturated heterocycles. The Morgan fingerprint density at radius 3 is 1.89 bits per heavy atom. The van der Waals surface area contributed by atoms with Gasteiger partial charge in [0.15, 0.2) is 6.29 Å². The highest BCUT2D eigenvalue weighted by molar-refractivity contribution is 5.56. The third kappa shape index (κ3) is 2.55. The van der Waals surface area contributed by atoms with Crippen LogP contribution >= 0.6 is 0 Å². The average molecular weight is 134 g/mol. The van der Waals surface area contributed by atoms with Gasteiger partial charge in [-0.3, -0.25) is 0 Å². The molecular formula is C5H10O4. The molecule has 3 N–H and O–H groups in total. The Bertz CT molecular complexity index is 91.0. The summed E-state index contributed by atoms with van der Waals surface area (Å²) in [6, 6.07) is 0. The molecule has 0 aromatic rings. The highest BCUT2D eigenvalue weighted by Crippen LogP contribution is 1.95. The summed E-state index contributed by atoms with van der Waals surface area (Å²) in [5, 5.41) is 25.7. The van der Waals surface area contributed by atoms with Crippen molar-refractivity contribution in [2.45, 2.75) is 25.2 Å². The lowest BCUT2D eigenvalue weighted by molar-refractivity contribution is -0.125. The lowest BCUT2D eigenvalue weighted by atomic mass is 10.1. The molecule has 0 fully saturated rings. The van der Waals surface area contributed by atoms with Crippen LogP contribution in [-0.4, -0.2) is 39.9 Å². The Morgan fingerprint density at radius 2 is 1.78 bits per heavy atom. The average Bonchev–Trinajstić information content (AvgIpc) is 1.84. The molecule has 3 atom stereocenters. The molecule has 1 unspecified atom stereocenters. The summed E-state index contributed by atoms with van der Waals surface area (Å²) in [5.74, 6) is 0. The predicted molar refractivity (Wildman–Crippen MR) is 29.8 cm³/mol. The van der Waals surface area contributed by atoms with E-state index >= 15 is 0 Å². The van der Waals surface area contributed by atoms with Crippen molar-refractivity contribution in [3.05, 3.63) is 0 Å². The standard InChI is InChI=1S/C5H10O4/c1-3(7)5(9)4(8)2-6/h2-5,7-9H,1H3/t3?,4-,5-/m1/s1. The first-order valence-corrected chi connectivity index (χ1v) is 2.59. The molecule has 0 amide bonds. The van der Waals surface area contributed by atoms with Crippen molar-refractivity contribution in [1.29, 1.82) is 0 Å². The van der Waals surface area contributed by atoms with Crippen LogP contribution in [-0.2, 0) is 4.79 Å². The summed E-state index contributed by atoms with van der Waals surface area (Å²) in [7, 11) is 0. The first-order chi connectivity index (χ1) is 4.09. The molecule has 0 aromatic carbocycles. The van der Waals surface area contributed by atoms with Gasteiger partial charge in [-0.1, -0.05) is 0 Å². The minimum Gasteiger partial charge on any atom is -0.391 e. The number of aldehydes is 1. The second-order valence-corrected chi connectivity index (χ2v) is 1.86. The van der Waals surface area contributed by atoms with Gasteiger partial charge in [0.05, 0.1) is 6.10 Å². The largest absolute Gasteiger partial charge is 0.391 e. The predicted octanol–water partition coefficient (Wildman–Crippen LogP) is -1.71. The van der Waals surface area contributed by atoms with Gasteiger partial charge < -0.3 is 20.1 Å². The Kier molecular flexibility index (Phi) is 3.37. The van der Waals surface area contributed by atoms with Gasteiger partial charge in [0.1, 0.15) is 12.2 Å². The van der Waals surface area contributed by atoms with Crippen molar-refractivity contribution < 1.29 is 20.1 Å². The van der Waals surface area contributed by atoms with Gasteiger partial charge in [-0.2, -0.15) is 0 Å². The smallest absolute Gasteiger partial charge is 0.151 e. The molecule has 54 valence electrons. The number of aliphatic hydroxyl groups is 3. The van der Waals surface area contributed by atoms with E-state index in [9.17, 15) is 4.79 Å². The third-order valence-corrected chi connectivity index (χ3v) is 0.984. The van der Waals surface area contributed by atoms with E-state index in [0.717, 1.165) is 0 Å². The summed E-state index contributed by atoms with van der Waals surface area (Å²) in [5.41, 5.74) is 0. The lowest BCUT2D eigenvalue weighted by Crippen LogP contribution is -2.36. The van der Waals surface area contributed by atoms with Crippen molar-refractivity contribution in [2.24, 2.45) is 0 Å². The lowest BCUT2D eigenvalue weighted by Gasteiger charge is -2.14. The summed E-state index contributed by atoms with van der Waals surface area (Å²) >= 11 is 0. The topological polar surface area (TPSA) is 77.8 Å². The van der Waals surface area contributed by atoms with E-state index in [0.29, 0.717) is 0 Å². The number of rotatable bonds is 3. The summed E-state index contributed by atoms with van der Waals surface area (Å²) in [6.07, 6.45) is -3.75. The zero-order valence-corrected chi connectivity index (χ0v) is 5.06. The molecule has 0 aliphatic carbocycles. The summed E-state index contributed by atoms with van der Waals surface area (Å²) < 4.78 is 0. The maximum absolute atomic E-state index is 9.73. The fourth-order valence-corrected chi connectivity index (χ4v) is 0.366. The third-order valence-electron chi connectivity index (χ3n) is 0.984. The van der Waals surface area contributed by atoms with Crippen LogP contribution in [0.1, 0.15) is 6.92 Å². The zero-order valence-electron chi connectivity index (χ0n) is 5.06. The molecule has 0 aliphatic rings. The van der Waals surface area contributed by atoms with Gasteiger partial charge in [0.25, 0.3) is 0 Å². The fourth-order valence-electron chi connectivity index (χ4n) is 0.366. The molecule has 0 heterocycles. The van der Waals surface area contributed by atoms with Crippen LogP contribution in [0.5, 0.6) is 0 Å². The van der Waals surface area contributed by atoms with Crippen molar-refractivity contribution >= 4 is 6.29 Å². The van der Waals surface area contributed by atoms with Crippen molar-refractivity contribution in [2.75, 3.05) is 0 Å². The molecule has 0 spiro atoms. The molecule has 0 aliphatic heterocycles. The molecule has 9 heavy (non-hydrogen) atoms. The van der Waals surface area contributed by atoms with Crippen LogP contribution in [0, 0.1) is 0 Å². The van der Waals surface area contributed by atoms with Gasteiger partial charge in [0, 0.05) is 0 Å².